The second-order valence-corrected chi connectivity index (χ2v) is 8.07. The van der Waals surface area contributed by atoms with E-state index < -0.39 is 20.2 Å². The quantitative estimate of drug-likeness (QED) is 0.647. The predicted octanol–water partition coefficient (Wildman–Crippen LogP) is 4.77. The molecule has 3 atom stereocenters. The summed E-state index contributed by atoms with van der Waals surface area (Å²) in [7, 11) is 0. The van der Waals surface area contributed by atoms with Crippen molar-refractivity contribution in [2.24, 2.45) is 0 Å². The molecule has 3 unspecified atom stereocenters. The van der Waals surface area contributed by atoms with Crippen molar-refractivity contribution in [1.82, 2.24) is 0 Å². The Hall–Kier alpha value is 1.44. The number of ether oxygens (including phenoxy) is 1. The molecule has 7 heteroatoms. The van der Waals surface area contributed by atoms with Gasteiger partial charge in [0.1, 0.15) is 9.75 Å². The molecule has 0 spiro atoms. The van der Waals surface area contributed by atoms with E-state index in [1.807, 2.05) is 0 Å². The molecule has 0 aromatic carbocycles. The van der Waals surface area contributed by atoms with E-state index in [0.717, 1.165) is 12.8 Å². The van der Waals surface area contributed by atoms with Crippen LogP contribution >= 0.6 is 69.6 Å². The molecule has 3 aliphatic rings. The Kier molecular flexibility index (Phi) is 2.96. The predicted molar refractivity (Wildman–Crippen MR) is 72.8 cm³/mol. The third kappa shape index (κ3) is 1.46. The van der Waals surface area contributed by atoms with E-state index in [0.29, 0.717) is 6.42 Å². The maximum atomic E-state index is 6.51. The molecule has 0 N–H and O–H groups in total. The van der Waals surface area contributed by atoms with Crippen LogP contribution in [0.1, 0.15) is 19.3 Å². The highest BCUT2D eigenvalue weighted by Crippen LogP contribution is 2.73. The molecule has 0 aromatic heterocycles. The van der Waals surface area contributed by atoms with Crippen LogP contribution in [0.3, 0.4) is 0 Å². The lowest BCUT2D eigenvalue weighted by atomic mass is 10.0. The van der Waals surface area contributed by atoms with Crippen molar-refractivity contribution in [1.29, 1.82) is 0 Å². The summed E-state index contributed by atoms with van der Waals surface area (Å²) >= 11 is 37.8. The summed E-state index contributed by atoms with van der Waals surface area (Å²) in [6.45, 7) is 0. The fourth-order valence-corrected chi connectivity index (χ4v) is 5.11. The molecule has 0 saturated heterocycles. The SMILES string of the molecule is ClC1=C(Cl)C2(Cl)C(OC3CC3)CC1(Cl)C2(Cl)Cl. The molecule has 2 fully saturated rings. The lowest BCUT2D eigenvalue weighted by molar-refractivity contribution is 0.0299. The number of halogens is 6. The molecule has 2 bridgehead atoms. The van der Waals surface area contributed by atoms with Crippen molar-refractivity contribution >= 4 is 69.6 Å². The number of hydrogen-bond donors (Lipinski definition) is 0. The lowest BCUT2D eigenvalue weighted by Crippen LogP contribution is -2.46. The van der Waals surface area contributed by atoms with E-state index in [1.165, 1.54) is 0 Å². The fourth-order valence-electron chi connectivity index (χ4n) is 2.43. The summed E-state index contributed by atoms with van der Waals surface area (Å²) in [5, 5.41) is 0.439. The molecule has 3 rings (SSSR count). The molecular weight excluding hydrogens is 349 g/mol. The van der Waals surface area contributed by atoms with E-state index in [2.05, 4.69) is 0 Å². The average Bonchev–Trinajstić information content (AvgIpc) is 3.02. The fraction of sp³-hybridized carbons (Fsp3) is 0.800. The van der Waals surface area contributed by atoms with Gasteiger partial charge < -0.3 is 4.74 Å². The van der Waals surface area contributed by atoms with Gasteiger partial charge in [0.15, 0.2) is 4.33 Å². The number of hydrogen-bond acceptors (Lipinski definition) is 1. The van der Waals surface area contributed by atoms with Crippen LogP contribution in [0, 0.1) is 0 Å². The zero-order valence-corrected chi connectivity index (χ0v) is 13.0. The molecule has 2 saturated carbocycles. The minimum Gasteiger partial charge on any atom is -0.373 e. The molecule has 1 nitrogen and oxygen atoms in total. The zero-order valence-electron chi connectivity index (χ0n) is 8.45. The van der Waals surface area contributed by atoms with Crippen molar-refractivity contribution in [2.45, 2.75) is 45.6 Å². The molecule has 0 aliphatic heterocycles. The van der Waals surface area contributed by atoms with Gasteiger partial charge in [0.05, 0.1) is 22.3 Å². The van der Waals surface area contributed by atoms with Gasteiger partial charge in [-0.15, -0.1) is 23.2 Å². The van der Waals surface area contributed by atoms with E-state index >= 15 is 0 Å². The van der Waals surface area contributed by atoms with Gasteiger partial charge in [-0.2, -0.15) is 0 Å². The molecular formula is C10H8Cl6O. The lowest BCUT2D eigenvalue weighted by Gasteiger charge is -2.33. The molecule has 3 aliphatic carbocycles. The standard InChI is InChI=1S/C10H8Cl6O/c11-6-7(12)9(14)5(17-4-1-2-4)3-8(6,13)10(9,15)16/h4-5H,1-3H2. The first-order chi connectivity index (χ1) is 7.75. The molecule has 0 heterocycles. The molecule has 0 radical (unpaired) electrons. The van der Waals surface area contributed by atoms with E-state index in [-0.39, 0.29) is 16.2 Å². The first-order valence-electron chi connectivity index (χ1n) is 5.22. The Morgan fingerprint density at radius 1 is 1.00 bits per heavy atom. The Balaban J connectivity index is 2.05. The molecule has 17 heavy (non-hydrogen) atoms. The maximum absolute atomic E-state index is 6.51. The van der Waals surface area contributed by atoms with Crippen molar-refractivity contribution in [2.75, 3.05) is 0 Å². The Bertz CT molecular complexity index is 417. The Morgan fingerprint density at radius 2 is 1.59 bits per heavy atom. The van der Waals surface area contributed by atoms with Crippen LogP contribution in [0.25, 0.3) is 0 Å². The second kappa shape index (κ2) is 3.75. The Labute approximate surface area is 129 Å². The summed E-state index contributed by atoms with van der Waals surface area (Å²) in [5.74, 6) is 0. The largest absolute Gasteiger partial charge is 0.373 e. The highest BCUT2D eigenvalue weighted by atomic mass is 35.5. The van der Waals surface area contributed by atoms with Gasteiger partial charge in [-0.05, 0) is 12.8 Å². The van der Waals surface area contributed by atoms with Crippen LogP contribution in [0.15, 0.2) is 10.1 Å². The van der Waals surface area contributed by atoms with Gasteiger partial charge in [-0.3, -0.25) is 0 Å². The average molecular weight is 357 g/mol. The summed E-state index contributed by atoms with van der Waals surface area (Å²) in [5.41, 5.74) is 0. The Morgan fingerprint density at radius 3 is 2.00 bits per heavy atom. The van der Waals surface area contributed by atoms with Gasteiger partial charge in [0.2, 0.25) is 0 Å². The van der Waals surface area contributed by atoms with E-state index in [1.54, 1.807) is 0 Å². The van der Waals surface area contributed by atoms with Crippen LogP contribution in [0.4, 0.5) is 0 Å². The molecule has 96 valence electrons. The van der Waals surface area contributed by atoms with Crippen molar-refractivity contribution < 1.29 is 4.74 Å². The van der Waals surface area contributed by atoms with E-state index in [9.17, 15) is 0 Å². The third-order valence-corrected chi connectivity index (χ3v) is 7.87. The van der Waals surface area contributed by atoms with Gasteiger partial charge in [-0.1, -0.05) is 46.4 Å². The first-order valence-corrected chi connectivity index (χ1v) is 7.49. The second-order valence-electron chi connectivity index (χ2n) is 4.74. The number of fused-ring (bicyclic) bond motifs is 2. The van der Waals surface area contributed by atoms with Crippen molar-refractivity contribution in [3.05, 3.63) is 10.1 Å². The van der Waals surface area contributed by atoms with Crippen LogP contribution in [-0.2, 0) is 4.74 Å². The smallest absolute Gasteiger partial charge is 0.168 e. The van der Waals surface area contributed by atoms with E-state index in [4.69, 9.17) is 74.3 Å². The molecule has 0 aromatic rings. The van der Waals surface area contributed by atoms with Crippen molar-refractivity contribution in [3.8, 4) is 0 Å². The minimum atomic E-state index is -1.46. The maximum Gasteiger partial charge on any atom is 0.168 e. The summed E-state index contributed by atoms with van der Waals surface area (Å²) < 4.78 is 4.35. The number of allylic oxidation sites excluding steroid dienone is 1. The monoisotopic (exact) mass is 354 g/mol. The minimum absolute atomic E-state index is 0.206. The molecule has 0 amide bonds. The van der Waals surface area contributed by atoms with Crippen LogP contribution in [0.2, 0.25) is 0 Å². The highest BCUT2D eigenvalue weighted by molar-refractivity contribution is 6.65. The van der Waals surface area contributed by atoms with Gasteiger partial charge in [-0.25, -0.2) is 0 Å². The first kappa shape index (κ1) is 13.4. The summed E-state index contributed by atoms with van der Waals surface area (Å²) in [6.07, 6.45) is 2.22. The van der Waals surface area contributed by atoms with Gasteiger partial charge in [0, 0.05) is 6.42 Å². The van der Waals surface area contributed by atoms with Crippen LogP contribution < -0.4 is 0 Å². The summed E-state index contributed by atoms with van der Waals surface area (Å²) in [6, 6.07) is 0. The third-order valence-electron chi connectivity index (χ3n) is 3.61. The van der Waals surface area contributed by atoms with Crippen LogP contribution in [-0.4, -0.2) is 26.3 Å². The van der Waals surface area contributed by atoms with Gasteiger partial charge >= 0.3 is 0 Å². The normalized spacial score (nSPS) is 48.0. The number of alkyl halides is 4. The topological polar surface area (TPSA) is 9.23 Å². The van der Waals surface area contributed by atoms with Crippen LogP contribution in [0.5, 0.6) is 0 Å². The van der Waals surface area contributed by atoms with Gasteiger partial charge in [0.25, 0.3) is 0 Å². The number of rotatable bonds is 2. The van der Waals surface area contributed by atoms with Crippen molar-refractivity contribution in [3.63, 3.8) is 0 Å². The zero-order chi connectivity index (χ0) is 12.6. The summed E-state index contributed by atoms with van der Waals surface area (Å²) in [4.78, 5) is -2.41. The highest BCUT2D eigenvalue weighted by Gasteiger charge is 2.79.